The normalized spacial score (nSPS) is 17.8. The van der Waals surface area contributed by atoms with Crippen LogP contribution in [0, 0.1) is 11.3 Å². The molecular formula is C21H24F3N3O5. The van der Waals surface area contributed by atoms with Gasteiger partial charge in [0.05, 0.1) is 22.9 Å². The van der Waals surface area contributed by atoms with E-state index in [-0.39, 0.29) is 12.2 Å². The first-order valence-corrected chi connectivity index (χ1v) is 10.1. The Hall–Kier alpha value is -3.13. The molecule has 0 aromatic heterocycles. The van der Waals surface area contributed by atoms with Crippen LogP contribution >= 0.6 is 0 Å². The molecule has 2 aliphatic rings. The van der Waals surface area contributed by atoms with E-state index in [0.29, 0.717) is 38.5 Å². The number of rotatable bonds is 4. The zero-order valence-corrected chi connectivity index (χ0v) is 17.7. The summed E-state index contributed by atoms with van der Waals surface area (Å²) in [5, 5.41) is 16.8. The summed E-state index contributed by atoms with van der Waals surface area (Å²) in [6, 6.07) is 3.68. The molecule has 2 saturated heterocycles. The average molecular weight is 455 g/mol. The SMILES string of the molecule is CCCC(=O)O.CCN1C(=O)N(c2ccc(C#N)c(C(F)(F)F)c2)C(=O)C12CCOCC2. The first-order valence-electron chi connectivity index (χ1n) is 10.1. The first kappa shape index (κ1) is 25.1. The van der Waals surface area contributed by atoms with Crippen molar-refractivity contribution >= 4 is 23.6 Å². The van der Waals surface area contributed by atoms with Gasteiger partial charge in [-0.15, -0.1) is 0 Å². The highest BCUT2D eigenvalue weighted by molar-refractivity contribution is 6.23. The maximum absolute atomic E-state index is 13.2. The van der Waals surface area contributed by atoms with Crippen LogP contribution in [0.1, 0.15) is 50.7 Å². The number of likely N-dealkylation sites (N-methyl/N-ethyl adjacent to an activating group) is 1. The molecule has 1 aromatic carbocycles. The smallest absolute Gasteiger partial charge is 0.417 e. The van der Waals surface area contributed by atoms with Crippen LogP contribution < -0.4 is 4.90 Å². The highest BCUT2D eigenvalue weighted by Crippen LogP contribution is 2.41. The molecule has 1 N–H and O–H groups in total. The fraction of sp³-hybridized carbons (Fsp3) is 0.524. The Morgan fingerprint density at radius 1 is 1.25 bits per heavy atom. The molecule has 32 heavy (non-hydrogen) atoms. The summed E-state index contributed by atoms with van der Waals surface area (Å²) in [6.07, 6.45) is -3.16. The molecule has 0 aliphatic carbocycles. The van der Waals surface area contributed by atoms with Crippen molar-refractivity contribution in [2.75, 3.05) is 24.7 Å². The average Bonchev–Trinajstić information content (AvgIpc) is 2.93. The van der Waals surface area contributed by atoms with Crippen LogP contribution in [-0.2, 0) is 20.5 Å². The number of ether oxygens (including phenoxy) is 1. The van der Waals surface area contributed by atoms with Crippen molar-refractivity contribution in [3.8, 4) is 6.07 Å². The molecular weight excluding hydrogens is 431 g/mol. The lowest BCUT2D eigenvalue weighted by Crippen LogP contribution is -2.53. The van der Waals surface area contributed by atoms with Gasteiger partial charge < -0.3 is 14.7 Å². The molecule has 0 radical (unpaired) electrons. The highest BCUT2D eigenvalue weighted by atomic mass is 19.4. The molecule has 3 amide bonds. The lowest BCUT2D eigenvalue weighted by Gasteiger charge is -2.37. The second kappa shape index (κ2) is 9.99. The largest absolute Gasteiger partial charge is 0.481 e. The van der Waals surface area contributed by atoms with Crippen LogP contribution in [0.15, 0.2) is 18.2 Å². The van der Waals surface area contributed by atoms with Gasteiger partial charge in [0.25, 0.3) is 5.91 Å². The number of hydrogen-bond acceptors (Lipinski definition) is 5. The van der Waals surface area contributed by atoms with Crippen molar-refractivity contribution in [1.29, 1.82) is 5.26 Å². The molecule has 2 aliphatic heterocycles. The molecule has 8 nitrogen and oxygen atoms in total. The van der Waals surface area contributed by atoms with E-state index in [1.807, 2.05) is 6.92 Å². The van der Waals surface area contributed by atoms with Crippen LogP contribution in [-0.4, -0.2) is 53.2 Å². The third-order valence-corrected chi connectivity index (χ3v) is 5.33. The van der Waals surface area contributed by atoms with Gasteiger partial charge in [-0.3, -0.25) is 9.59 Å². The maximum Gasteiger partial charge on any atom is 0.417 e. The Labute approximate surface area is 183 Å². The van der Waals surface area contributed by atoms with E-state index in [1.165, 1.54) is 17.0 Å². The van der Waals surface area contributed by atoms with E-state index in [2.05, 4.69) is 0 Å². The minimum absolute atomic E-state index is 0.187. The Kier molecular flexibility index (Phi) is 7.85. The summed E-state index contributed by atoms with van der Waals surface area (Å²) in [5.74, 6) is -1.26. The van der Waals surface area contributed by atoms with Gasteiger partial charge >= 0.3 is 18.2 Å². The molecule has 1 aromatic rings. The number of carboxylic acids is 1. The van der Waals surface area contributed by atoms with E-state index in [9.17, 15) is 27.6 Å². The van der Waals surface area contributed by atoms with Gasteiger partial charge in [0, 0.05) is 39.0 Å². The minimum atomic E-state index is -4.77. The summed E-state index contributed by atoms with van der Waals surface area (Å²) in [6.45, 7) is 4.40. The zero-order chi connectivity index (χ0) is 24.1. The summed E-state index contributed by atoms with van der Waals surface area (Å²) in [4.78, 5) is 37.6. The standard InChI is InChI=1S/C17H16F3N3O3.C4H8O2/c1-2-22-15(25)23(14(24)16(22)5-7-26-8-6-16)12-4-3-11(10-21)13(9-12)17(18,19)20;1-2-3-4(5)6/h3-4,9H,2,5-8H2,1H3;2-3H2,1H3,(H,5,6). The number of nitriles is 1. The van der Waals surface area contributed by atoms with Crippen molar-refractivity contribution in [3.63, 3.8) is 0 Å². The quantitative estimate of drug-likeness (QED) is 0.692. The topological polar surface area (TPSA) is 111 Å². The van der Waals surface area contributed by atoms with Gasteiger partial charge in [0.15, 0.2) is 0 Å². The van der Waals surface area contributed by atoms with Gasteiger partial charge in [-0.2, -0.15) is 18.4 Å². The number of urea groups is 1. The van der Waals surface area contributed by atoms with E-state index in [4.69, 9.17) is 15.1 Å². The second-order valence-corrected chi connectivity index (χ2v) is 7.29. The Morgan fingerprint density at radius 3 is 2.31 bits per heavy atom. The summed E-state index contributed by atoms with van der Waals surface area (Å²) < 4.78 is 44.9. The van der Waals surface area contributed by atoms with Gasteiger partial charge in [-0.25, -0.2) is 9.69 Å². The predicted molar refractivity (Wildman–Crippen MR) is 107 cm³/mol. The first-order chi connectivity index (χ1) is 15.0. The number of aliphatic carboxylic acids is 1. The van der Waals surface area contributed by atoms with Crippen molar-refractivity contribution < 1.29 is 37.4 Å². The second-order valence-electron chi connectivity index (χ2n) is 7.29. The number of alkyl halides is 3. The molecule has 0 atom stereocenters. The Balaban J connectivity index is 0.000000534. The molecule has 2 heterocycles. The van der Waals surface area contributed by atoms with Gasteiger partial charge in [0.1, 0.15) is 5.54 Å². The van der Waals surface area contributed by atoms with E-state index >= 15 is 0 Å². The molecule has 0 unspecified atom stereocenters. The minimum Gasteiger partial charge on any atom is -0.481 e. The fourth-order valence-corrected chi connectivity index (χ4v) is 3.79. The highest BCUT2D eigenvalue weighted by Gasteiger charge is 2.57. The van der Waals surface area contributed by atoms with Crippen molar-refractivity contribution in [3.05, 3.63) is 29.3 Å². The van der Waals surface area contributed by atoms with Crippen molar-refractivity contribution in [2.24, 2.45) is 0 Å². The number of hydrogen-bond donors (Lipinski definition) is 1. The zero-order valence-electron chi connectivity index (χ0n) is 17.7. The predicted octanol–water partition coefficient (Wildman–Crippen LogP) is 3.79. The molecule has 2 fully saturated rings. The summed E-state index contributed by atoms with van der Waals surface area (Å²) in [5.41, 5.74) is -3.01. The van der Waals surface area contributed by atoms with E-state index in [0.717, 1.165) is 17.4 Å². The Morgan fingerprint density at radius 2 is 1.88 bits per heavy atom. The maximum atomic E-state index is 13.2. The number of nitrogens with zero attached hydrogens (tertiary/aromatic N) is 3. The third kappa shape index (κ3) is 4.85. The molecule has 0 bridgehead atoms. The van der Waals surface area contributed by atoms with Crippen LogP contribution in [0.2, 0.25) is 0 Å². The Bertz CT molecular complexity index is 920. The monoisotopic (exact) mass is 455 g/mol. The molecule has 0 saturated carbocycles. The van der Waals surface area contributed by atoms with Crippen LogP contribution in [0.5, 0.6) is 0 Å². The number of carbonyl (C=O) groups is 3. The summed E-state index contributed by atoms with van der Waals surface area (Å²) in [7, 11) is 0. The van der Waals surface area contributed by atoms with Crippen LogP contribution in [0.3, 0.4) is 0 Å². The van der Waals surface area contributed by atoms with E-state index in [1.54, 1.807) is 6.92 Å². The number of amides is 3. The molecule has 3 rings (SSSR count). The third-order valence-electron chi connectivity index (χ3n) is 5.33. The molecule has 1 spiro atoms. The number of benzene rings is 1. The summed E-state index contributed by atoms with van der Waals surface area (Å²) >= 11 is 0. The van der Waals surface area contributed by atoms with Gasteiger partial charge in [-0.05, 0) is 31.5 Å². The lowest BCUT2D eigenvalue weighted by atomic mass is 9.88. The number of carboxylic acid groups (broad SMARTS) is 1. The number of anilines is 1. The molecule has 11 heteroatoms. The lowest BCUT2D eigenvalue weighted by molar-refractivity contribution is -0.138. The van der Waals surface area contributed by atoms with Crippen LogP contribution in [0.25, 0.3) is 0 Å². The van der Waals surface area contributed by atoms with Gasteiger partial charge in [-0.1, -0.05) is 6.92 Å². The van der Waals surface area contributed by atoms with Crippen molar-refractivity contribution in [2.45, 2.75) is 51.2 Å². The molecule has 174 valence electrons. The van der Waals surface area contributed by atoms with Gasteiger partial charge in [0.2, 0.25) is 0 Å². The fourth-order valence-electron chi connectivity index (χ4n) is 3.79. The number of carbonyl (C=O) groups excluding carboxylic acids is 2. The number of imide groups is 1. The van der Waals surface area contributed by atoms with E-state index < -0.39 is 40.7 Å². The number of halogens is 3. The van der Waals surface area contributed by atoms with Crippen LogP contribution in [0.4, 0.5) is 23.7 Å². The van der Waals surface area contributed by atoms with Crippen molar-refractivity contribution in [1.82, 2.24) is 4.90 Å².